The Morgan fingerprint density at radius 2 is 1.79 bits per heavy atom. The number of anilines is 1. The van der Waals surface area contributed by atoms with Gasteiger partial charge in [-0.05, 0) is 18.2 Å². The molecule has 0 saturated carbocycles. The first-order valence-electron chi connectivity index (χ1n) is 9.53. The molecule has 2 amide bonds. The summed E-state index contributed by atoms with van der Waals surface area (Å²) in [5.74, 6) is 0.428. The number of piperazine rings is 1. The minimum atomic E-state index is -0.273. The van der Waals surface area contributed by atoms with E-state index in [0.717, 1.165) is 11.4 Å². The van der Waals surface area contributed by atoms with Crippen LogP contribution in [0.15, 0.2) is 42.7 Å². The van der Waals surface area contributed by atoms with Crippen LogP contribution in [-0.2, 0) is 4.74 Å². The molecule has 1 aliphatic rings. The van der Waals surface area contributed by atoms with E-state index in [1.54, 1.807) is 25.2 Å². The first-order chi connectivity index (χ1) is 14.1. The van der Waals surface area contributed by atoms with Gasteiger partial charge in [-0.3, -0.25) is 14.6 Å². The molecule has 0 spiro atoms. The molecule has 1 aliphatic heterocycles. The fraction of sp³-hybridized carbons (Fsp3) is 0.381. The second kappa shape index (κ2) is 9.88. The zero-order valence-corrected chi connectivity index (χ0v) is 16.8. The normalized spacial score (nSPS) is 13.9. The topological polar surface area (TPSA) is 84.0 Å². The number of aromatic nitrogens is 1. The molecule has 0 atom stereocenters. The van der Waals surface area contributed by atoms with Crippen molar-refractivity contribution in [2.75, 3.05) is 58.5 Å². The number of carbonyl (C=O) groups excluding carboxylic acids is 2. The van der Waals surface area contributed by atoms with E-state index in [0.29, 0.717) is 50.5 Å². The molecule has 0 unspecified atom stereocenters. The smallest absolute Gasteiger partial charge is 0.255 e. The number of pyridine rings is 1. The van der Waals surface area contributed by atoms with Crippen molar-refractivity contribution in [3.05, 3.63) is 53.9 Å². The molecule has 2 aromatic rings. The molecule has 1 N–H and O–H groups in total. The Morgan fingerprint density at radius 1 is 1.07 bits per heavy atom. The van der Waals surface area contributed by atoms with E-state index in [4.69, 9.17) is 9.47 Å². The van der Waals surface area contributed by atoms with E-state index >= 15 is 0 Å². The van der Waals surface area contributed by atoms with Crippen LogP contribution in [0.25, 0.3) is 0 Å². The third kappa shape index (κ3) is 5.03. The zero-order valence-electron chi connectivity index (χ0n) is 16.8. The third-order valence-corrected chi connectivity index (χ3v) is 4.83. The number of rotatable bonds is 7. The SMILES string of the molecule is COCCNC(=O)c1cncc(C(=O)N2CCN(c3ccccc3OC)CC2)c1. The van der Waals surface area contributed by atoms with Gasteiger partial charge in [0, 0.05) is 52.2 Å². The highest BCUT2D eigenvalue weighted by Crippen LogP contribution is 2.28. The van der Waals surface area contributed by atoms with Crippen LogP contribution in [0.3, 0.4) is 0 Å². The maximum atomic E-state index is 12.9. The van der Waals surface area contributed by atoms with E-state index in [-0.39, 0.29) is 11.8 Å². The maximum Gasteiger partial charge on any atom is 0.255 e. The second-order valence-electron chi connectivity index (χ2n) is 6.66. The number of para-hydroxylation sites is 2. The molecule has 0 radical (unpaired) electrons. The Hall–Kier alpha value is -3.13. The highest BCUT2D eigenvalue weighted by molar-refractivity contribution is 5.99. The summed E-state index contributed by atoms with van der Waals surface area (Å²) in [4.78, 5) is 33.1. The lowest BCUT2D eigenvalue weighted by Crippen LogP contribution is -2.49. The van der Waals surface area contributed by atoms with Gasteiger partial charge < -0.3 is 24.6 Å². The summed E-state index contributed by atoms with van der Waals surface area (Å²) in [5.41, 5.74) is 1.80. The monoisotopic (exact) mass is 398 g/mol. The number of hydrogen-bond acceptors (Lipinski definition) is 6. The number of hydrogen-bond donors (Lipinski definition) is 1. The van der Waals surface area contributed by atoms with Crippen molar-refractivity contribution in [3.63, 3.8) is 0 Å². The predicted molar refractivity (Wildman–Crippen MR) is 110 cm³/mol. The van der Waals surface area contributed by atoms with Crippen LogP contribution >= 0.6 is 0 Å². The number of nitrogens with one attached hydrogen (secondary N) is 1. The molecule has 1 aromatic carbocycles. The minimum Gasteiger partial charge on any atom is -0.495 e. The summed E-state index contributed by atoms with van der Waals surface area (Å²) >= 11 is 0. The molecule has 3 rings (SSSR count). The second-order valence-corrected chi connectivity index (χ2v) is 6.66. The molecule has 1 aromatic heterocycles. The third-order valence-electron chi connectivity index (χ3n) is 4.83. The van der Waals surface area contributed by atoms with Crippen molar-refractivity contribution >= 4 is 17.5 Å². The molecule has 154 valence electrons. The lowest BCUT2D eigenvalue weighted by molar-refractivity contribution is 0.0746. The van der Waals surface area contributed by atoms with Gasteiger partial charge in [-0.25, -0.2) is 0 Å². The molecule has 1 fully saturated rings. The summed E-state index contributed by atoms with van der Waals surface area (Å²) in [6.07, 6.45) is 2.96. The molecule has 8 nitrogen and oxygen atoms in total. The molecule has 2 heterocycles. The van der Waals surface area contributed by atoms with Crippen LogP contribution in [0.1, 0.15) is 20.7 Å². The Kier molecular flexibility index (Phi) is 7.02. The van der Waals surface area contributed by atoms with Crippen molar-refractivity contribution in [1.82, 2.24) is 15.2 Å². The highest BCUT2D eigenvalue weighted by atomic mass is 16.5. The summed E-state index contributed by atoms with van der Waals surface area (Å²) in [6.45, 7) is 3.41. The van der Waals surface area contributed by atoms with Gasteiger partial charge >= 0.3 is 0 Å². The lowest BCUT2D eigenvalue weighted by Gasteiger charge is -2.36. The number of amides is 2. The quantitative estimate of drug-likeness (QED) is 0.711. The van der Waals surface area contributed by atoms with Crippen molar-refractivity contribution in [2.45, 2.75) is 0 Å². The van der Waals surface area contributed by atoms with Gasteiger partial charge in [0.1, 0.15) is 5.75 Å². The number of nitrogens with zero attached hydrogens (tertiary/aromatic N) is 3. The van der Waals surface area contributed by atoms with Crippen LogP contribution in [0.5, 0.6) is 5.75 Å². The minimum absolute atomic E-state index is 0.122. The van der Waals surface area contributed by atoms with Crippen molar-refractivity contribution in [1.29, 1.82) is 0 Å². The van der Waals surface area contributed by atoms with Gasteiger partial charge in [-0.2, -0.15) is 0 Å². The summed E-state index contributed by atoms with van der Waals surface area (Å²) in [6, 6.07) is 9.45. The summed E-state index contributed by atoms with van der Waals surface area (Å²) in [7, 11) is 3.23. The maximum absolute atomic E-state index is 12.9. The Morgan fingerprint density at radius 3 is 2.52 bits per heavy atom. The van der Waals surface area contributed by atoms with Gasteiger partial charge in [-0.1, -0.05) is 12.1 Å². The Balaban J connectivity index is 1.62. The molecule has 29 heavy (non-hydrogen) atoms. The molecular weight excluding hydrogens is 372 g/mol. The first kappa shape index (κ1) is 20.6. The largest absolute Gasteiger partial charge is 0.495 e. The molecular formula is C21H26N4O4. The Labute approximate surface area is 170 Å². The van der Waals surface area contributed by atoms with Gasteiger partial charge in [0.15, 0.2) is 0 Å². The highest BCUT2D eigenvalue weighted by Gasteiger charge is 2.24. The molecule has 0 aliphatic carbocycles. The van der Waals surface area contributed by atoms with Gasteiger partial charge in [-0.15, -0.1) is 0 Å². The first-order valence-corrected chi connectivity index (χ1v) is 9.53. The lowest BCUT2D eigenvalue weighted by atomic mass is 10.1. The molecule has 8 heteroatoms. The van der Waals surface area contributed by atoms with Crippen molar-refractivity contribution < 1.29 is 19.1 Å². The Bertz CT molecular complexity index is 850. The predicted octanol–water partition coefficient (Wildman–Crippen LogP) is 1.43. The summed E-state index contributed by atoms with van der Waals surface area (Å²) in [5, 5.41) is 2.73. The van der Waals surface area contributed by atoms with Gasteiger partial charge in [0.25, 0.3) is 11.8 Å². The van der Waals surface area contributed by atoms with E-state index in [1.165, 1.54) is 12.4 Å². The molecule has 0 bridgehead atoms. The number of benzene rings is 1. The van der Waals surface area contributed by atoms with Crippen LogP contribution in [0, 0.1) is 0 Å². The standard InChI is InChI=1S/C21H26N4O4/c1-28-12-7-23-20(26)16-13-17(15-22-14-16)21(27)25-10-8-24(9-11-25)18-5-3-4-6-19(18)29-2/h3-6,13-15H,7-12H2,1-2H3,(H,23,26). The fourth-order valence-corrected chi connectivity index (χ4v) is 3.27. The van der Waals surface area contributed by atoms with Crippen LogP contribution in [0.2, 0.25) is 0 Å². The van der Waals surface area contributed by atoms with Crippen LogP contribution in [0.4, 0.5) is 5.69 Å². The average Bonchev–Trinajstić information content (AvgIpc) is 2.79. The zero-order chi connectivity index (χ0) is 20.6. The average molecular weight is 398 g/mol. The number of methoxy groups -OCH3 is 2. The van der Waals surface area contributed by atoms with E-state index < -0.39 is 0 Å². The van der Waals surface area contributed by atoms with E-state index in [1.807, 2.05) is 24.3 Å². The van der Waals surface area contributed by atoms with Gasteiger partial charge in [0.2, 0.25) is 0 Å². The summed E-state index contributed by atoms with van der Waals surface area (Å²) < 4.78 is 10.4. The van der Waals surface area contributed by atoms with Crippen molar-refractivity contribution in [2.24, 2.45) is 0 Å². The number of carbonyl (C=O) groups is 2. The molecule has 1 saturated heterocycles. The van der Waals surface area contributed by atoms with E-state index in [2.05, 4.69) is 15.2 Å². The fourth-order valence-electron chi connectivity index (χ4n) is 3.27. The van der Waals surface area contributed by atoms with Gasteiger partial charge in [0.05, 0.1) is 30.5 Å². The van der Waals surface area contributed by atoms with Crippen molar-refractivity contribution in [3.8, 4) is 5.75 Å². The van der Waals surface area contributed by atoms with Crippen LogP contribution in [-0.4, -0.2) is 75.2 Å². The van der Waals surface area contributed by atoms with Crippen LogP contribution < -0.4 is 15.0 Å². The number of ether oxygens (including phenoxy) is 2. The van der Waals surface area contributed by atoms with E-state index in [9.17, 15) is 9.59 Å².